The Hall–Kier alpha value is -2.41. The van der Waals surface area contributed by atoms with Gasteiger partial charge in [0.15, 0.2) is 0 Å². The van der Waals surface area contributed by atoms with E-state index in [0.717, 1.165) is 5.01 Å². The average Bonchev–Trinajstić information content (AvgIpc) is 3.01. The molecular formula is C14H12FN5S. The zero-order valence-electron chi connectivity index (χ0n) is 11.3. The van der Waals surface area contributed by atoms with Crippen molar-refractivity contribution in [2.45, 2.75) is 6.54 Å². The third kappa shape index (κ3) is 3.03. The molecule has 0 saturated heterocycles. The van der Waals surface area contributed by atoms with E-state index in [0.29, 0.717) is 23.8 Å². The fourth-order valence-corrected chi connectivity index (χ4v) is 2.53. The maximum Gasteiger partial charge on any atom is 0.246 e. The van der Waals surface area contributed by atoms with E-state index in [-0.39, 0.29) is 5.82 Å². The van der Waals surface area contributed by atoms with Crippen LogP contribution in [0, 0.1) is 5.82 Å². The van der Waals surface area contributed by atoms with Crippen LogP contribution in [0.2, 0.25) is 0 Å². The van der Waals surface area contributed by atoms with Crippen LogP contribution in [-0.2, 0) is 6.54 Å². The number of rotatable bonds is 4. The lowest BCUT2D eigenvalue weighted by molar-refractivity contribution is 0.630. The Kier molecular flexibility index (Phi) is 3.83. The summed E-state index contributed by atoms with van der Waals surface area (Å²) in [7, 11) is 1.85. The highest BCUT2D eigenvalue weighted by Crippen LogP contribution is 2.21. The van der Waals surface area contributed by atoms with Gasteiger partial charge in [-0.2, -0.15) is 5.10 Å². The Morgan fingerprint density at radius 2 is 2.14 bits per heavy atom. The Labute approximate surface area is 125 Å². The first kappa shape index (κ1) is 13.6. The third-order valence-electron chi connectivity index (χ3n) is 2.89. The van der Waals surface area contributed by atoms with E-state index in [1.165, 1.54) is 12.3 Å². The summed E-state index contributed by atoms with van der Waals surface area (Å²) in [5.41, 5.74) is 0.875. The van der Waals surface area contributed by atoms with Gasteiger partial charge in [-0.15, -0.1) is 16.4 Å². The molecule has 3 aromatic rings. The fraction of sp³-hybridized carbons (Fsp3) is 0.143. The van der Waals surface area contributed by atoms with Crippen LogP contribution in [0.4, 0.5) is 10.3 Å². The van der Waals surface area contributed by atoms with E-state index in [1.54, 1.807) is 35.7 Å². The zero-order valence-corrected chi connectivity index (χ0v) is 12.1. The molecule has 21 heavy (non-hydrogen) atoms. The van der Waals surface area contributed by atoms with Gasteiger partial charge >= 0.3 is 0 Å². The number of hydrogen-bond acceptors (Lipinski definition) is 6. The first-order chi connectivity index (χ1) is 10.2. The van der Waals surface area contributed by atoms with E-state index in [9.17, 15) is 4.39 Å². The van der Waals surface area contributed by atoms with Crippen LogP contribution in [0.1, 0.15) is 5.01 Å². The summed E-state index contributed by atoms with van der Waals surface area (Å²) in [6.45, 7) is 0.583. The molecule has 0 atom stereocenters. The maximum atomic E-state index is 13.8. The summed E-state index contributed by atoms with van der Waals surface area (Å²) in [6, 6.07) is 6.47. The molecule has 3 rings (SSSR count). The highest BCUT2D eigenvalue weighted by atomic mass is 32.1. The lowest BCUT2D eigenvalue weighted by atomic mass is 10.1. The van der Waals surface area contributed by atoms with E-state index in [2.05, 4.69) is 20.2 Å². The van der Waals surface area contributed by atoms with E-state index in [4.69, 9.17) is 0 Å². The fourth-order valence-electron chi connectivity index (χ4n) is 1.86. The molecule has 2 aromatic heterocycles. The molecule has 0 bridgehead atoms. The van der Waals surface area contributed by atoms with E-state index in [1.807, 2.05) is 17.3 Å². The zero-order chi connectivity index (χ0) is 14.7. The van der Waals surface area contributed by atoms with Gasteiger partial charge in [0, 0.05) is 24.2 Å². The lowest BCUT2D eigenvalue weighted by Crippen LogP contribution is -2.19. The van der Waals surface area contributed by atoms with Crippen LogP contribution in [0.25, 0.3) is 11.3 Å². The van der Waals surface area contributed by atoms with Gasteiger partial charge in [-0.05, 0) is 12.1 Å². The second kappa shape index (κ2) is 5.92. The maximum absolute atomic E-state index is 13.8. The summed E-state index contributed by atoms with van der Waals surface area (Å²) >= 11 is 1.56. The molecular weight excluding hydrogens is 289 g/mol. The van der Waals surface area contributed by atoms with Crippen molar-refractivity contribution in [3.63, 3.8) is 0 Å². The minimum atomic E-state index is -0.327. The second-order valence-electron chi connectivity index (χ2n) is 4.40. The molecule has 0 N–H and O–H groups in total. The number of thiazole rings is 1. The predicted octanol–water partition coefficient (Wildman–Crippen LogP) is 2.77. The number of aromatic nitrogens is 4. The number of hydrogen-bond donors (Lipinski definition) is 0. The first-order valence-electron chi connectivity index (χ1n) is 6.28. The summed E-state index contributed by atoms with van der Waals surface area (Å²) < 4.78 is 13.8. The van der Waals surface area contributed by atoms with Crippen LogP contribution in [0.5, 0.6) is 0 Å². The number of nitrogens with zero attached hydrogens (tertiary/aromatic N) is 5. The molecule has 106 valence electrons. The van der Waals surface area contributed by atoms with Crippen molar-refractivity contribution in [2.75, 3.05) is 11.9 Å². The number of anilines is 1. The summed E-state index contributed by atoms with van der Waals surface area (Å²) in [4.78, 5) is 10.4. The van der Waals surface area contributed by atoms with Gasteiger partial charge < -0.3 is 4.90 Å². The minimum absolute atomic E-state index is 0.327. The van der Waals surface area contributed by atoms with Crippen molar-refractivity contribution < 1.29 is 4.39 Å². The Morgan fingerprint density at radius 3 is 2.90 bits per heavy atom. The van der Waals surface area contributed by atoms with Gasteiger partial charge in [-0.1, -0.05) is 12.1 Å². The molecule has 2 heterocycles. The standard InChI is InChI=1S/C14H12FN5S/c1-20(9-13-16-6-7-21-13)14-18-12(8-17-19-14)10-4-2-3-5-11(10)15/h2-8H,9H2,1H3. The molecule has 0 amide bonds. The quantitative estimate of drug-likeness (QED) is 0.741. The lowest BCUT2D eigenvalue weighted by Gasteiger charge is -2.15. The minimum Gasteiger partial charge on any atom is -0.336 e. The monoisotopic (exact) mass is 301 g/mol. The Balaban J connectivity index is 1.88. The molecule has 0 unspecified atom stereocenters. The van der Waals surface area contributed by atoms with Crippen LogP contribution in [0.15, 0.2) is 42.0 Å². The van der Waals surface area contributed by atoms with Gasteiger partial charge in [-0.3, -0.25) is 0 Å². The molecule has 0 aliphatic heterocycles. The second-order valence-corrected chi connectivity index (χ2v) is 5.38. The van der Waals surface area contributed by atoms with Gasteiger partial charge in [0.25, 0.3) is 0 Å². The molecule has 5 nitrogen and oxygen atoms in total. The summed E-state index contributed by atoms with van der Waals surface area (Å²) in [6.07, 6.45) is 3.21. The largest absolute Gasteiger partial charge is 0.336 e. The van der Waals surface area contributed by atoms with Crippen LogP contribution < -0.4 is 4.90 Å². The van der Waals surface area contributed by atoms with Crippen LogP contribution >= 0.6 is 11.3 Å². The summed E-state index contributed by atoms with van der Waals surface area (Å²) in [5.74, 6) is 0.109. The molecule has 0 aliphatic carbocycles. The topological polar surface area (TPSA) is 54.8 Å². The Bertz CT molecular complexity index is 732. The van der Waals surface area contributed by atoms with Crippen LogP contribution in [-0.4, -0.2) is 27.2 Å². The molecule has 1 aromatic carbocycles. The first-order valence-corrected chi connectivity index (χ1v) is 7.16. The third-order valence-corrected chi connectivity index (χ3v) is 3.66. The highest BCUT2D eigenvalue weighted by Gasteiger charge is 2.11. The highest BCUT2D eigenvalue weighted by molar-refractivity contribution is 7.09. The number of halogens is 1. The Morgan fingerprint density at radius 1 is 1.29 bits per heavy atom. The van der Waals surface area contributed by atoms with Crippen molar-refractivity contribution in [3.8, 4) is 11.3 Å². The van der Waals surface area contributed by atoms with Gasteiger partial charge in [0.05, 0.1) is 18.4 Å². The smallest absolute Gasteiger partial charge is 0.246 e. The van der Waals surface area contributed by atoms with Crippen LogP contribution in [0.3, 0.4) is 0 Å². The molecule has 0 spiro atoms. The normalized spacial score (nSPS) is 10.6. The van der Waals surface area contributed by atoms with E-state index >= 15 is 0 Å². The van der Waals surface area contributed by atoms with Crippen molar-refractivity contribution in [1.82, 2.24) is 20.2 Å². The SMILES string of the molecule is CN(Cc1nccs1)c1nncc(-c2ccccc2F)n1. The number of benzene rings is 1. The van der Waals surface area contributed by atoms with Crippen molar-refractivity contribution in [2.24, 2.45) is 0 Å². The van der Waals surface area contributed by atoms with Crippen molar-refractivity contribution >= 4 is 17.3 Å². The summed E-state index contributed by atoms with van der Waals surface area (Å²) in [5, 5.41) is 10.8. The molecule has 0 radical (unpaired) electrons. The van der Waals surface area contributed by atoms with Crippen molar-refractivity contribution in [1.29, 1.82) is 0 Å². The molecule has 0 fully saturated rings. The predicted molar refractivity (Wildman–Crippen MR) is 79.4 cm³/mol. The molecule has 0 aliphatic rings. The molecule has 0 saturated carbocycles. The van der Waals surface area contributed by atoms with Crippen molar-refractivity contribution in [3.05, 3.63) is 52.9 Å². The van der Waals surface area contributed by atoms with Gasteiger partial charge in [-0.25, -0.2) is 14.4 Å². The van der Waals surface area contributed by atoms with E-state index < -0.39 is 0 Å². The molecule has 7 heteroatoms. The van der Waals surface area contributed by atoms with Gasteiger partial charge in [0.2, 0.25) is 5.95 Å². The average molecular weight is 301 g/mol. The van der Waals surface area contributed by atoms with Gasteiger partial charge in [0.1, 0.15) is 10.8 Å².